The summed E-state index contributed by atoms with van der Waals surface area (Å²) in [7, 11) is 1.56. The van der Waals surface area contributed by atoms with Gasteiger partial charge in [0.1, 0.15) is 17.9 Å². The quantitative estimate of drug-likeness (QED) is 0.465. The van der Waals surface area contributed by atoms with Crippen LogP contribution in [0.5, 0.6) is 5.75 Å². The lowest BCUT2D eigenvalue weighted by Gasteiger charge is -2.30. The first-order valence-electron chi connectivity index (χ1n) is 11.3. The standard InChI is InChI=1S/C26H29N3O4/c1-4-32-21-12-13-24-22(14-21)23(15-27)25(29(24)20-6-5-7-20)18-8-10-19(11-9-18)28-26(30)33-17(2)16-31-3/h8-14,17,20H,4-7,16H2,1-3H3,(H,28,30). The normalized spacial score (nSPS) is 14.4. The van der Waals surface area contributed by atoms with Crippen LogP contribution in [0.2, 0.25) is 0 Å². The molecule has 1 saturated carbocycles. The Labute approximate surface area is 193 Å². The van der Waals surface area contributed by atoms with E-state index in [-0.39, 0.29) is 6.10 Å². The second-order valence-corrected chi connectivity index (χ2v) is 8.28. The first-order valence-corrected chi connectivity index (χ1v) is 11.3. The molecular weight excluding hydrogens is 418 g/mol. The number of methoxy groups -OCH3 is 1. The minimum atomic E-state index is -0.531. The van der Waals surface area contributed by atoms with Crippen molar-refractivity contribution in [2.24, 2.45) is 0 Å². The smallest absolute Gasteiger partial charge is 0.411 e. The highest BCUT2D eigenvalue weighted by Crippen LogP contribution is 2.43. The Morgan fingerprint density at radius 1 is 1.24 bits per heavy atom. The van der Waals surface area contributed by atoms with Crippen LogP contribution >= 0.6 is 0 Å². The van der Waals surface area contributed by atoms with E-state index in [1.165, 1.54) is 6.42 Å². The Kier molecular flexibility index (Phi) is 6.85. The van der Waals surface area contributed by atoms with Crippen molar-refractivity contribution in [3.05, 3.63) is 48.0 Å². The molecule has 1 aliphatic rings. The summed E-state index contributed by atoms with van der Waals surface area (Å²) in [5, 5.41) is 13.7. The van der Waals surface area contributed by atoms with Gasteiger partial charge in [-0.1, -0.05) is 12.1 Å². The molecule has 1 aromatic heterocycles. The molecule has 0 radical (unpaired) electrons. The third kappa shape index (κ3) is 4.67. The maximum Gasteiger partial charge on any atom is 0.411 e. The van der Waals surface area contributed by atoms with Crippen LogP contribution in [-0.4, -0.2) is 37.1 Å². The van der Waals surface area contributed by atoms with E-state index < -0.39 is 6.09 Å². The number of carbonyl (C=O) groups is 1. The number of anilines is 1. The van der Waals surface area contributed by atoms with Gasteiger partial charge >= 0.3 is 6.09 Å². The molecule has 3 aromatic rings. The summed E-state index contributed by atoms with van der Waals surface area (Å²) in [5.41, 5.74) is 4.16. The number of aromatic nitrogens is 1. The Balaban J connectivity index is 1.68. The van der Waals surface area contributed by atoms with E-state index in [1.807, 2.05) is 43.3 Å². The molecular formula is C26H29N3O4. The van der Waals surface area contributed by atoms with Gasteiger partial charge in [0.25, 0.3) is 0 Å². The highest BCUT2D eigenvalue weighted by atomic mass is 16.6. The van der Waals surface area contributed by atoms with Gasteiger partial charge in [0, 0.05) is 24.2 Å². The van der Waals surface area contributed by atoms with Gasteiger partial charge in [0.15, 0.2) is 0 Å². The van der Waals surface area contributed by atoms with E-state index in [4.69, 9.17) is 14.2 Å². The zero-order valence-corrected chi connectivity index (χ0v) is 19.3. The topological polar surface area (TPSA) is 85.5 Å². The molecule has 172 valence electrons. The number of benzene rings is 2. The first kappa shape index (κ1) is 22.7. The van der Waals surface area contributed by atoms with Gasteiger partial charge in [0.2, 0.25) is 0 Å². The molecule has 0 aliphatic heterocycles. The minimum Gasteiger partial charge on any atom is -0.494 e. The van der Waals surface area contributed by atoms with Crippen LogP contribution in [0.15, 0.2) is 42.5 Å². The number of rotatable bonds is 8. The van der Waals surface area contributed by atoms with Crippen LogP contribution < -0.4 is 10.1 Å². The molecule has 0 spiro atoms. The van der Waals surface area contributed by atoms with E-state index in [2.05, 4.69) is 22.0 Å². The average molecular weight is 448 g/mol. The van der Waals surface area contributed by atoms with Crippen molar-refractivity contribution in [3.8, 4) is 23.1 Å². The summed E-state index contributed by atoms with van der Waals surface area (Å²) in [4.78, 5) is 12.1. The number of nitrogens with zero attached hydrogens (tertiary/aromatic N) is 2. The number of fused-ring (bicyclic) bond motifs is 1. The minimum absolute atomic E-state index is 0.333. The molecule has 1 fully saturated rings. The second-order valence-electron chi connectivity index (χ2n) is 8.28. The zero-order valence-electron chi connectivity index (χ0n) is 19.3. The maximum atomic E-state index is 12.1. The molecule has 4 rings (SSSR count). The van der Waals surface area contributed by atoms with Gasteiger partial charge in [-0.25, -0.2) is 4.79 Å². The van der Waals surface area contributed by atoms with E-state index in [1.54, 1.807) is 14.0 Å². The van der Waals surface area contributed by atoms with E-state index in [0.29, 0.717) is 30.5 Å². The Morgan fingerprint density at radius 2 is 2.00 bits per heavy atom. The third-order valence-corrected chi connectivity index (χ3v) is 5.95. The fourth-order valence-electron chi connectivity index (χ4n) is 4.28. The number of nitriles is 1. The van der Waals surface area contributed by atoms with Crippen molar-refractivity contribution in [1.82, 2.24) is 4.57 Å². The van der Waals surface area contributed by atoms with Crippen LogP contribution in [0.3, 0.4) is 0 Å². The summed E-state index contributed by atoms with van der Waals surface area (Å²) >= 11 is 0. The Bertz CT molecular complexity index is 1170. The van der Waals surface area contributed by atoms with Crippen LogP contribution in [0.4, 0.5) is 10.5 Å². The average Bonchev–Trinajstić information content (AvgIpc) is 3.06. The monoisotopic (exact) mass is 447 g/mol. The first-order chi connectivity index (χ1) is 16.0. The van der Waals surface area contributed by atoms with Crippen molar-refractivity contribution in [3.63, 3.8) is 0 Å². The number of hydrogen-bond donors (Lipinski definition) is 1. The van der Waals surface area contributed by atoms with Crippen molar-refractivity contribution in [1.29, 1.82) is 5.26 Å². The number of nitrogens with one attached hydrogen (secondary N) is 1. The molecule has 1 atom stereocenters. The lowest BCUT2D eigenvalue weighted by atomic mass is 9.92. The van der Waals surface area contributed by atoms with Crippen molar-refractivity contribution >= 4 is 22.7 Å². The second kappa shape index (κ2) is 9.97. The highest BCUT2D eigenvalue weighted by Gasteiger charge is 2.28. The van der Waals surface area contributed by atoms with Crippen LogP contribution in [0.1, 0.15) is 44.7 Å². The van der Waals surface area contributed by atoms with Crippen LogP contribution in [-0.2, 0) is 9.47 Å². The predicted molar refractivity (Wildman–Crippen MR) is 128 cm³/mol. The number of amides is 1. The lowest BCUT2D eigenvalue weighted by molar-refractivity contribution is 0.0564. The molecule has 1 aliphatic carbocycles. The molecule has 1 heterocycles. The third-order valence-electron chi connectivity index (χ3n) is 5.95. The van der Waals surface area contributed by atoms with Gasteiger partial charge in [-0.3, -0.25) is 5.32 Å². The van der Waals surface area contributed by atoms with Gasteiger partial charge in [0.05, 0.1) is 30.0 Å². The molecule has 0 saturated heterocycles. The molecule has 7 heteroatoms. The fraction of sp³-hybridized carbons (Fsp3) is 0.385. The van der Waals surface area contributed by atoms with Gasteiger partial charge in [-0.2, -0.15) is 5.26 Å². The largest absolute Gasteiger partial charge is 0.494 e. The highest BCUT2D eigenvalue weighted by molar-refractivity contribution is 5.96. The van der Waals surface area contributed by atoms with Gasteiger partial charge in [-0.15, -0.1) is 0 Å². The van der Waals surface area contributed by atoms with Crippen molar-refractivity contribution in [2.45, 2.75) is 45.3 Å². The Morgan fingerprint density at radius 3 is 2.61 bits per heavy atom. The Hall–Kier alpha value is -3.50. The number of ether oxygens (including phenoxy) is 3. The summed E-state index contributed by atoms with van der Waals surface area (Å²) in [6.45, 7) is 4.63. The summed E-state index contributed by atoms with van der Waals surface area (Å²) < 4.78 is 18.2. The lowest BCUT2D eigenvalue weighted by Crippen LogP contribution is -2.23. The van der Waals surface area contributed by atoms with E-state index >= 15 is 0 Å². The number of hydrogen-bond acceptors (Lipinski definition) is 5. The van der Waals surface area contributed by atoms with E-state index in [9.17, 15) is 10.1 Å². The van der Waals surface area contributed by atoms with Crippen LogP contribution in [0.25, 0.3) is 22.2 Å². The van der Waals surface area contributed by atoms with E-state index in [0.717, 1.165) is 40.8 Å². The van der Waals surface area contributed by atoms with Gasteiger partial charge in [-0.05, 0) is 69.0 Å². The molecule has 1 N–H and O–H groups in total. The molecule has 7 nitrogen and oxygen atoms in total. The van der Waals surface area contributed by atoms with Crippen molar-refractivity contribution < 1.29 is 19.0 Å². The molecule has 1 amide bonds. The predicted octanol–water partition coefficient (Wildman–Crippen LogP) is 5.89. The molecule has 0 bridgehead atoms. The maximum absolute atomic E-state index is 12.1. The number of carbonyl (C=O) groups excluding carboxylic acids is 1. The summed E-state index contributed by atoms with van der Waals surface area (Å²) in [6, 6.07) is 16.3. The van der Waals surface area contributed by atoms with Gasteiger partial charge < -0.3 is 18.8 Å². The zero-order chi connectivity index (χ0) is 23.4. The summed E-state index contributed by atoms with van der Waals surface area (Å²) in [5.74, 6) is 0.763. The van der Waals surface area contributed by atoms with Crippen molar-refractivity contribution in [2.75, 3.05) is 25.6 Å². The SMILES string of the molecule is CCOc1ccc2c(c1)c(C#N)c(-c1ccc(NC(=O)OC(C)COC)cc1)n2C1CCC1. The summed E-state index contributed by atoms with van der Waals surface area (Å²) in [6.07, 6.45) is 2.51. The molecule has 33 heavy (non-hydrogen) atoms. The molecule has 1 unspecified atom stereocenters. The fourth-order valence-corrected chi connectivity index (χ4v) is 4.28. The molecule has 2 aromatic carbocycles. The van der Waals surface area contributed by atoms with Crippen LogP contribution in [0, 0.1) is 11.3 Å².